The van der Waals surface area contributed by atoms with Crippen LogP contribution in [0.4, 0.5) is 0 Å². The number of aromatic hydroxyl groups is 4. The molecule has 0 saturated carbocycles. The first-order chi connectivity index (χ1) is 13.4. The van der Waals surface area contributed by atoms with Crippen molar-refractivity contribution in [3.8, 4) is 28.7 Å². The molecule has 0 amide bonds. The highest BCUT2D eigenvalue weighted by Crippen LogP contribution is 2.43. The number of hydrogen-bond donors (Lipinski definition) is 4. The van der Waals surface area contributed by atoms with Gasteiger partial charge >= 0.3 is 5.97 Å². The molecule has 0 aromatic heterocycles. The van der Waals surface area contributed by atoms with Gasteiger partial charge in [-0.3, -0.25) is 4.79 Å². The highest BCUT2D eigenvalue weighted by atomic mass is 16.6. The topological polar surface area (TPSA) is 116 Å². The van der Waals surface area contributed by atoms with E-state index in [9.17, 15) is 25.2 Å². The first kappa shape index (κ1) is 19.7. The molecular formula is C21H24O7. The minimum absolute atomic E-state index is 0.144. The maximum Gasteiger partial charge on any atom is 0.306 e. The van der Waals surface area contributed by atoms with Gasteiger partial charge in [0.1, 0.15) is 23.4 Å². The lowest BCUT2D eigenvalue weighted by Crippen LogP contribution is -2.34. The van der Waals surface area contributed by atoms with Gasteiger partial charge in [-0.25, -0.2) is 0 Å². The van der Waals surface area contributed by atoms with E-state index in [2.05, 4.69) is 0 Å². The lowest BCUT2D eigenvalue weighted by Gasteiger charge is -2.34. The third-order valence-electron chi connectivity index (χ3n) is 4.76. The number of phenols is 4. The van der Waals surface area contributed by atoms with Gasteiger partial charge in [-0.15, -0.1) is 0 Å². The number of carbonyl (C=O) groups is 1. The lowest BCUT2D eigenvalue weighted by molar-refractivity contribution is -0.155. The second-order valence-electron chi connectivity index (χ2n) is 6.92. The molecule has 0 unspecified atom stereocenters. The van der Waals surface area contributed by atoms with E-state index in [1.165, 1.54) is 24.3 Å². The zero-order valence-electron chi connectivity index (χ0n) is 15.6. The number of rotatable bonds is 6. The van der Waals surface area contributed by atoms with Crippen molar-refractivity contribution in [1.29, 1.82) is 0 Å². The van der Waals surface area contributed by atoms with Crippen molar-refractivity contribution in [1.82, 2.24) is 0 Å². The molecule has 0 radical (unpaired) electrons. The summed E-state index contributed by atoms with van der Waals surface area (Å²) < 4.78 is 11.6. The molecule has 4 N–H and O–H groups in total. The van der Waals surface area contributed by atoms with E-state index in [0.717, 1.165) is 19.3 Å². The Bertz CT molecular complexity index is 862. The molecule has 0 saturated heterocycles. The number of esters is 1. The Labute approximate surface area is 162 Å². The van der Waals surface area contributed by atoms with E-state index in [1.54, 1.807) is 6.07 Å². The monoisotopic (exact) mass is 388 g/mol. The average molecular weight is 388 g/mol. The third kappa shape index (κ3) is 4.24. The first-order valence-electron chi connectivity index (χ1n) is 9.32. The third-order valence-corrected chi connectivity index (χ3v) is 4.76. The van der Waals surface area contributed by atoms with Crippen molar-refractivity contribution >= 4 is 5.97 Å². The Morgan fingerprint density at radius 2 is 1.86 bits per heavy atom. The molecule has 3 rings (SSSR count). The average Bonchev–Trinajstić information content (AvgIpc) is 2.64. The standard InChI is InChI=1S/C21H24O7/c1-2-3-4-5-20(26)27-19-11-14-16(24)9-13(22)10-18(14)28-21(19)12-6-7-15(23)17(25)8-12/h6-10,19,21-25H,2-5,11H2,1H3/t19-,21+/m0/s1. The van der Waals surface area contributed by atoms with Gasteiger partial charge in [0.2, 0.25) is 0 Å². The SMILES string of the molecule is CCCCCC(=O)O[C@H]1Cc2c(O)cc(O)cc2O[C@@H]1c1ccc(O)c(O)c1. The highest BCUT2D eigenvalue weighted by molar-refractivity contribution is 5.69. The summed E-state index contributed by atoms with van der Waals surface area (Å²) in [6.45, 7) is 2.04. The number of hydrogen-bond acceptors (Lipinski definition) is 7. The van der Waals surface area contributed by atoms with E-state index in [-0.39, 0.29) is 47.6 Å². The summed E-state index contributed by atoms with van der Waals surface area (Å²) >= 11 is 0. The molecule has 0 spiro atoms. The summed E-state index contributed by atoms with van der Waals surface area (Å²) in [5, 5.41) is 39.3. The van der Waals surface area contributed by atoms with Crippen molar-refractivity contribution < 1.29 is 34.7 Å². The fraction of sp³-hybridized carbons (Fsp3) is 0.381. The van der Waals surface area contributed by atoms with Crippen molar-refractivity contribution in [2.24, 2.45) is 0 Å². The van der Waals surface area contributed by atoms with Crippen LogP contribution in [0.25, 0.3) is 0 Å². The van der Waals surface area contributed by atoms with Crippen molar-refractivity contribution in [2.45, 2.75) is 51.2 Å². The molecule has 0 bridgehead atoms. The molecule has 28 heavy (non-hydrogen) atoms. The van der Waals surface area contributed by atoms with E-state index in [0.29, 0.717) is 11.1 Å². The fourth-order valence-corrected chi connectivity index (χ4v) is 3.30. The minimum Gasteiger partial charge on any atom is -0.508 e. The van der Waals surface area contributed by atoms with Crippen LogP contribution >= 0.6 is 0 Å². The number of phenolic OH excluding ortho intramolecular Hbond substituents is 4. The second kappa shape index (κ2) is 8.29. The van der Waals surface area contributed by atoms with Gasteiger partial charge in [-0.2, -0.15) is 0 Å². The van der Waals surface area contributed by atoms with Gasteiger partial charge in [0.25, 0.3) is 0 Å². The Hall–Kier alpha value is -3.09. The number of fused-ring (bicyclic) bond motifs is 1. The molecule has 1 aliphatic rings. The van der Waals surface area contributed by atoms with Crippen LogP contribution in [0, 0.1) is 0 Å². The van der Waals surface area contributed by atoms with Gasteiger partial charge < -0.3 is 29.9 Å². The summed E-state index contributed by atoms with van der Waals surface area (Å²) in [5.41, 5.74) is 0.929. The molecule has 1 aliphatic heterocycles. The van der Waals surface area contributed by atoms with Crippen LogP contribution in [0.15, 0.2) is 30.3 Å². The minimum atomic E-state index is -0.768. The highest BCUT2D eigenvalue weighted by Gasteiger charge is 2.36. The summed E-state index contributed by atoms with van der Waals surface area (Å²) in [4.78, 5) is 12.3. The van der Waals surface area contributed by atoms with Crippen LogP contribution in [0.3, 0.4) is 0 Å². The molecule has 2 aromatic rings. The van der Waals surface area contributed by atoms with E-state index in [4.69, 9.17) is 9.47 Å². The zero-order chi connectivity index (χ0) is 20.3. The van der Waals surface area contributed by atoms with Gasteiger partial charge in [0.15, 0.2) is 17.6 Å². The number of benzene rings is 2. The van der Waals surface area contributed by atoms with E-state index in [1.807, 2.05) is 6.92 Å². The number of unbranched alkanes of at least 4 members (excludes halogenated alkanes) is 2. The van der Waals surface area contributed by atoms with E-state index < -0.39 is 12.2 Å². The normalized spacial score (nSPS) is 18.2. The lowest BCUT2D eigenvalue weighted by atomic mass is 9.93. The van der Waals surface area contributed by atoms with Gasteiger partial charge in [0.05, 0.1) is 0 Å². The van der Waals surface area contributed by atoms with Crippen LogP contribution < -0.4 is 4.74 Å². The predicted octanol–water partition coefficient (Wildman–Crippen LogP) is 3.68. The van der Waals surface area contributed by atoms with Crippen LogP contribution in [-0.2, 0) is 16.0 Å². The molecule has 7 nitrogen and oxygen atoms in total. The Kier molecular flexibility index (Phi) is 5.82. The second-order valence-corrected chi connectivity index (χ2v) is 6.92. The van der Waals surface area contributed by atoms with Gasteiger partial charge in [0, 0.05) is 36.1 Å². The smallest absolute Gasteiger partial charge is 0.306 e. The molecule has 0 aliphatic carbocycles. The maximum absolute atomic E-state index is 12.3. The predicted molar refractivity (Wildman–Crippen MR) is 101 cm³/mol. The van der Waals surface area contributed by atoms with Crippen LogP contribution in [0.1, 0.15) is 49.8 Å². The van der Waals surface area contributed by atoms with Gasteiger partial charge in [-0.05, 0) is 18.6 Å². The van der Waals surface area contributed by atoms with Crippen LogP contribution in [0.5, 0.6) is 28.7 Å². The number of ether oxygens (including phenoxy) is 2. The van der Waals surface area contributed by atoms with Crippen molar-refractivity contribution in [2.75, 3.05) is 0 Å². The molecular weight excluding hydrogens is 364 g/mol. The number of carbonyl (C=O) groups excluding carboxylic acids is 1. The summed E-state index contributed by atoms with van der Waals surface area (Å²) in [7, 11) is 0. The van der Waals surface area contributed by atoms with E-state index >= 15 is 0 Å². The molecule has 1 heterocycles. The Morgan fingerprint density at radius 3 is 2.57 bits per heavy atom. The van der Waals surface area contributed by atoms with Gasteiger partial charge in [-0.1, -0.05) is 25.8 Å². The van der Waals surface area contributed by atoms with Crippen molar-refractivity contribution in [3.05, 3.63) is 41.5 Å². The molecule has 2 atom stereocenters. The quantitative estimate of drug-likeness (QED) is 0.339. The molecule has 150 valence electrons. The van der Waals surface area contributed by atoms with Crippen molar-refractivity contribution in [3.63, 3.8) is 0 Å². The Morgan fingerprint density at radius 1 is 1.07 bits per heavy atom. The summed E-state index contributed by atoms with van der Waals surface area (Å²) in [6.07, 6.45) is 1.60. The first-order valence-corrected chi connectivity index (χ1v) is 9.32. The zero-order valence-corrected chi connectivity index (χ0v) is 15.6. The Balaban J connectivity index is 1.90. The van der Waals surface area contributed by atoms with Crippen LogP contribution in [0.2, 0.25) is 0 Å². The molecule has 7 heteroatoms. The van der Waals surface area contributed by atoms with Crippen LogP contribution in [-0.4, -0.2) is 32.5 Å². The largest absolute Gasteiger partial charge is 0.508 e. The summed E-state index contributed by atoms with van der Waals surface area (Å²) in [5.74, 6) is -0.986. The maximum atomic E-state index is 12.3. The summed E-state index contributed by atoms with van der Waals surface area (Å²) in [6, 6.07) is 6.80. The molecule has 0 fully saturated rings. The molecule has 2 aromatic carbocycles. The fourth-order valence-electron chi connectivity index (χ4n) is 3.30.